The van der Waals surface area contributed by atoms with Gasteiger partial charge in [-0.05, 0) is 36.2 Å². The van der Waals surface area contributed by atoms with E-state index in [1.54, 1.807) is 0 Å². The van der Waals surface area contributed by atoms with E-state index in [0.29, 0.717) is 0 Å². The predicted octanol–water partition coefficient (Wildman–Crippen LogP) is 2.77. The lowest BCUT2D eigenvalue weighted by atomic mass is 10.00. The quantitative estimate of drug-likeness (QED) is 0.796. The molecule has 0 aliphatic carbocycles. The van der Waals surface area contributed by atoms with Crippen LogP contribution in [0.25, 0.3) is 10.8 Å². The number of nitrogens with one attached hydrogen (secondary N) is 1. The maximum absolute atomic E-state index is 12.2. The summed E-state index contributed by atoms with van der Waals surface area (Å²) in [5, 5.41) is 5.57. The Balaban J connectivity index is 1.97. The minimum atomic E-state index is 0.0242. The van der Waals surface area contributed by atoms with Gasteiger partial charge in [0.15, 0.2) is 5.78 Å². The Hall–Kier alpha value is -1.67. The fraction of sp³-hybridized carbons (Fsp3) is 0.267. The highest BCUT2D eigenvalue weighted by Gasteiger charge is 2.23. The first-order chi connectivity index (χ1) is 8.34. The molecule has 1 heterocycles. The van der Waals surface area contributed by atoms with Crippen molar-refractivity contribution >= 4 is 16.6 Å². The SMILES string of the molecule is O=C(c1ccc2ccccc2c1)[C@@H]1CCCN1. The molecule has 0 bridgehead atoms. The predicted molar refractivity (Wildman–Crippen MR) is 69.3 cm³/mol. The van der Waals surface area contributed by atoms with Crippen LogP contribution in [0.4, 0.5) is 0 Å². The van der Waals surface area contributed by atoms with Crippen LogP contribution in [0, 0.1) is 0 Å². The van der Waals surface area contributed by atoms with Crippen LogP contribution in [0.3, 0.4) is 0 Å². The Kier molecular flexibility index (Phi) is 2.65. The van der Waals surface area contributed by atoms with E-state index in [0.717, 1.165) is 30.3 Å². The van der Waals surface area contributed by atoms with Crippen molar-refractivity contribution in [1.29, 1.82) is 0 Å². The topological polar surface area (TPSA) is 29.1 Å². The van der Waals surface area contributed by atoms with E-state index >= 15 is 0 Å². The van der Waals surface area contributed by atoms with Crippen LogP contribution in [-0.4, -0.2) is 18.4 Å². The molecule has 86 valence electrons. The van der Waals surface area contributed by atoms with Gasteiger partial charge in [-0.1, -0.05) is 36.4 Å². The van der Waals surface area contributed by atoms with E-state index in [2.05, 4.69) is 11.4 Å². The van der Waals surface area contributed by atoms with Crippen LogP contribution in [0.1, 0.15) is 23.2 Å². The van der Waals surface area contributed by atoms with Crippen molar-refractivity contribution in [2.75, 3.05) is 6.54 Å². The van der Waals surface area contributed by atoms with Gasteiger partial charge in [-0.25, -0.2) is 0 Å². The minimum absolute atomic E-state index is 0.0242. The molecule has 1 aliphatic rings. The number of hydrogen-bond donors (Lipinski definition) is 1. The van der Waals surface area contributed by atoms with Crippen LogP contribution < -0.4 is 5.32 Å². The fourth-order valence-electron chi connectivity index (χ4n) is 2.45. The fourth-order valence-corrected chi connectivity index (χ4v) is 2.45. The molecule has 1 saturated heterocycles. The number of benzene rings is 2. The van der Waals surface area contributed by atoms with Gasteiger partial charge in [0.1, 0.15) is 0 Å². The van der Waals surface area contributed by atoms with Gasteiger partial charge in [-0.3, -0.25) is 4.79 Å². The van der Waals surface area contributed by atoms with Gasteiger partial charge < -0.3 is 5.32 Å². The summed E-state index contributed by atoms with van der Waals surface area (Å²) < 4.78 is 0. The van der Waals surface area contributed by atoms with E-state index in [1.807, 2.05) is 36.4 Å². The molecule has 2 aromatic rings. The first-order valence-electron chi connectivity index (χ1n) is 6.11. The number of ketones is 1. The van der Waals surface area contributed by atoms with Gasteiger partial charge >= 0.3 is 0 Å². The normalized spacial score (nSPS) is 19.6. The summed E-state index contributed by atoms with van der Waals surface area (Å²) in [4.78, 5) is 12.2. The maximum atomic E-state index is 12.2. The van der Waals surface area contributed by atoms with Gasteiger partial charge in [-0.2, -0.15) is 0 Å². The monoisotopic (exact) mass is 225 g/mol. The molecule has 2 heteroatoms. The average Bonchev–Trinajstić information content (AvgIpc) is 2.91. The Morgan fingerprint density at radius 1 is 1.12 bits per heavy atom. The van der Waals surface area contributed by atoms with Crippen LogP contribution >= 0.6 is 0 Å². The van der Waals surface area contributed by atoms with Crippen molar-refractivity contribution in [3.05, 3.63) is 48.0 Å². The molecule has 1 N–H and O–H groups in total. The van der Waals surface area contributed by atoms with Crippen molar-refractivity contribution in [2.45, 2.75) is 18.9 Å². The Bertz CT molecular complexity index is 556. The molecule has 0 radical (unpaired) electrons. The number of rotatable bonds is 2. The van der Waals surface area contributed by atoms with Gasteiger partial charge in [0.05, 0.1) is 6.04 Å². The van der Waals surface area contributed by atoms with E-state index < -0.39 is 0 Å². The number of carbonyl (C=O) groups is 1. The van der Waals surface area contributed by atoms with Crippen molar-refractivity contribution in [2.24, 2.45) is 0 Å². The van der Waals surface area contributed by atoms with Crippen molar-refractivity contribution in [3.8, 4) is 0 Å². The standard InChI is InChI=1S/C15H15NO/c17-15(14-6-3-9-16-14)13-8-7-11-4-1-2-5-12(11)10-13/h1-2,4-5,7-8,10,14,16H,3,6,9H2/t14-/m0/s1. The van der Waals surface area contributed by atoms with Crippen molar-refractivity contribution in [3.63, 3.8) is 0 Å². The molecule has 1 fully saturated rings. The van der Waals surface area contributed by atoms with E-state index in [-0.39, 0.29) is 11.8 Å². The van der Waals surface area contributed by atoms with Crippen LogP contribution in [-0.2, 0) is 0 Å². The summed E-state index contributed by atoms with van der Waals surface area (Å²) in [6, 6.07) is 14.1. The number of carbonyl (C=O) groups excluding carboxylic acids is 1. The Labute approximate surface area is 101 Å². The highest BCUT2D eigenvalue weighted by molar-refractivity contribution is 6.03. The second kappa shape index (κ2) is 4.30. The Morgan fingerprint density at radius 3 is 2.71 bits per heavy atom. The molecule has 0 unspecified atom stereocenters. The van der Waals surface area contributed by atoms with Gasteiger partial charge in [0, 0.05) is 5.56 Å². The smallest absolute Gasteiger partial charge is 0.179 e. The molecule has 2 nitrogen and oxygen atoms in total. The minimum Gasteiger partial charge on any atom is -0.307 e. The molecule has 0 spiro atoms. The van der Waals surface area contributed by atoms with Gasteiger partial charge in [0.25, 0.3) is 0 Å². The highest BCUT2D eigenvalue weighted by Crippen LogP contribution is 2.18. The largest absolute Gasteiger partial charge is 0.307 e. The molecule has 1 atom stereocenters. The third-order valence-electron chi connectivity index (χ3n) is 3.41. The summed E-state index contributed by atoms with van der Waals surface area (Å²) in [6.07, 6.45) is 2.07. The summed E-state index contributed by atoms with van der Waals surface area (Å²) in [5.74, 6) is 0.230. The second-order valence-corrected chi connectivity index (χ2v) is 4.58. The number of fused-ring (bicyclic) bond motifs is 1. The van der Waals surface area contributed by atoms with Crippen molar-refractivity contribution in [1.82, 2.24) is 5.32 Å². The van der Waals surface area contributed by atoms with E-state index in [9.17, 15) is 4.79 Å². The zero-order valence-corrected chi connectivity index (χ0v) is 9.65. The summed E-state index contributed by atoms with van der Waals surface area (Å²) in [6.45, 7) is 0.962. The van der Waals surface area contributed by atoms with E-state index in [1.165, 1.54) is 5.39 Å². The maximum Gasteiger partial charge on any atom is 0.179 e. The first-order valence-corrected chi connectivity index (χ1v) is 6.11. The third kappa shape index (κ3) is 1.96. The summed E-state index contributed by atoms with van der Waals surface area (Å²) >= 11 is 0. The molecular weight excluding hydrogens is 210 g/mol. The van der Waals surface area contributed by atoms with E-state index in [4.69, 9.17) is 0 Å². The number of hydrogen-bond acceptors (Lipinski definition) is 2. The third-order valence-corrected chi connectivity index (χ3v) is 3.41. The average molecular weight is 225 g/mol. The summed E-state index contributed by atoms with van der Waals surface area (Å²) in [7, 11) is 0. The zero-order valence-electron chi connectivity index (χ0n) is 9.65. The number of Topliss-reactive ketones (excluding diaryl/α,β-unsaturated/α-hetero) is 1. The molecule has 3 rings (SSSR count). The van der Waals surface area contributed by atoms with Gasteiger partial charge in [-0.15, -0.1) is 0 Å². The zero-order chi connectivity index (χ0) is 11.7. The second-order valence-electron chi connectivity index (χ2n) is 4.58. The molecule has 17 heavy (non-hydrogen) atoms. The molecule has 0 aromatic heterocycles. The lowest BCUT2D eigenvalue weighted by Crippen LogP contribution is -2.30. The van der Waals surface area contributed by atoms with Crippen LogP contribution in [0.2, 0.25) is 0 Å². The molecule has 2 aromatic carbocycles. The first kappa shape index (κ1) is 10.5. The molecule has 0 saturated carbocycles. The molecule has 0 amide bonds. The lowest BCUT2D eigenvalue weighted by Gasteiger charge is -2.09. The van der Waals surface area contributed by atoms with Gasteiger partial charge in [0.2, 0.25) is 0 Å². The van der Waals surface area contributed by atoms with Crippen LogP contribution in [0.15, 0.2) is 42.5 Å². The van der Waals surface area contributed by atoms with Crippen molar-refractivity contribution < 1.29 is 4.79 Å². The lowest BCUT2D eigenvalue weighted by molar-refractivity contribution is 0.0952. The molecular formula is C15H15NO. The summed E-state index contributed by atoms with van der Waals surface area (Å²) in [5.41, 5.74) is 0.822. The highest BCUT2D eigenvalue weighted by atomic mass is 16.1. The Morgan fingerprint density at radius 2 is 1.94 bits per heavy atom. The molecule has 1 aliphatic heterocycles. The van der Waals surface area contributed by atoms with Crippen LogP contribution in [0.5, 0.6) is 0 Å².